The van der Waals surface area contributed by atoms with E-state index in [1.54, 1.807) is 20.8 Å². The summed E-state index contributed by atoms with van der Waals surface area (Å²) in [6.07, 6.45) is 0.0813. The molecular formula is C17H24FNO4. The van der Waals surface area contributed by atoms with Gasteiger partial charge in [-0.2, -0.15) is 0 Å². The number of methoxy groups -OCH3 is 1. The van der Waals surface area contributed by atoms with Crippen molar-refractivity contribution in [3.8, 4) is 5.75 Å². The maximum absolute atomic E-state index is 14.1. The van der Waals surface area contributed by atoms with Gasteiger partial charge in [0.1, 0.15) is 17.2 Å². The highest BCUT2D eigenvalue weighted by Crippen LogP contribution is 2.36. The zero-order valence-electron chi connectivity index (χ0n) is 14.1. The molecule has 0 bridgehead atoms. The van der Waals surface area contributed by atoms with Crippen LogP contribution in [-0.4, -0.2) is 41.9 Å². The van der Waals surface area contributed by atoms with Crippen molar-refractivity contribution >= 4 is 6.09 Å². The monoisotopic (exact) mass is 325 g/mol. The van der Waals surface area contributed by atoms with Crippen LogP contribution >= 0.6 is 0 Å². The zero-order chi connectivity index (χ0) is 17.3. The number of halogens is 1. The number of piperidine rings is 1. The number of likely N-dealkylation sites (tertiary alicyclic amines) is 1. The van der Waals surface area contributed by atoms with Gasteiger partial charge in [-0.25, -0.2) is 9.18 Å². The SMILES string of the molecule is COc1ccc(F)c(C2(O)CCN(C(=O)OC(C)(C)C)CC2)c1. The number of rotatable bonds is 2. The molecule has 5 nitrogen and oxygen atoms in total. The molecule has 0 atom stereocenters. The van der Waals surface area contributed by atoms with Gasteiger partial charge in [-0.3, -0.25) is 0 Å². The number of carbonyl (C=O) groups is 1. The second kappa shape index (κ2) is 6.35. The van der Waals surface area contributed by atoms with Crippen molar-refractivity contribution in [3.05, 3.63) is 29.6 Å². The van der Waals surface area contributed by atoms with Crippen LogP contribution in [-0.2, 0) is 10.3 Å². The summed E-state index contributed by atoms with van der Waals surface area (Å²) in [5.41, 5.74) is -1.67. The van der Waals surface area contributed by atoms with Gasteiger partial charge in [-0.15, -0.1) is 0 Å². The molecule has 1 saturated heterocycles. The first-order valence-corrected chi connectivity index (χ1v) is 7.69. The second-order valence-corrected chi connectivity index (χ2v) is 6.84. The normalized spacial score (nSPS) is 17.7. The van der Waals surface area contributed by atoms with Gasteiger partial charge < -0.3 is 19.5 Å². The Labute approximate surface area is 136 Å². The molecule has 1 heterocycles. The van der Waals surface area contributed by atoms with Gasteiger partial charge in [0, 0.05) is 18.7 Å². The highest BCUT2D eigenvalue weighted by atomic mass is 19.1. The first-order valence-electron chi connectivity index (χ1n) is 7.69. The molecule has 1 N–H and O–H groups in total. The Morgan fingerprint density at radius 2 is 1.91 bits per heavy atom. The lowest BCUT2D eigenvalue weighted by Gasteiger charge is -2.39. The number of benzene rings is 1. The van der Waals surface area contributed by atoms with Gasteiger partial charge in [0.15, 0.2) is 0 Å². The van der Waals surface area contributed by atoms with Gasteiger partial charge in [0.2, 0.25) is 0 Å². The van der Waals surface area contributed by atoms with Gasteiger partial charge in [0.25, 0.3) is 0 Å². The minimum Gasteiger partial charge on any atom is -0.497 e. The number of nitrogens with zero attached hydrogens (tertiary/aromatic N) is 1. The first kappa shape index (κ1) is 17.5. The van der Waals surface area contributed by atoms with E-state index >= 15 is 0 Å². The highest BCUT2D eigenvalue weighted by molar-refractivity contribution is 5.68. The highest BCUT2D eigenvalue weighted by Gasteiger charge is 2.38. The van der Waals surface area contributed by atoms with Crippen molar-refractivity contribution in [3.63, 3.8) is 0 Å². The van der Waals surface area contributed by atoms with Gasteiger partial charge >= 0.3 is 6.09 Å². The number of ether oxygens (including phenoxy) is 2. The summed E-state index contributed by atoms with van der Waals surface area (Å²) in [7, 11) is 1.49. The molecule has 23 heavy (non-hydrogen) atoms. The first-order chi connectivity index (χ1) is 10.6. The average molecular weight is 325 g/mol. The predicted octanol–water partition coefficient (Wildman–Crippen LogP) is 3.05. The minimum absolute atomic E-state index is 0.209. The number of aliphatic hydroxyl groups is 1. The van der Waals surface area contributed by atoms with Crippen LogP contribution in [0.2, 0.25) is 0 Å². The van der Waals surface area contributed by atoms with E-state index in [4.69, 9.17) is 9.47 Å². The van der Waals surface area contributed by atoms with Crippen LogP contribution in [0, 0.1) is 5.82 Å². The molecule has 1 aromatic carbocycles. The van der Waals surface area contributed by atoms with E-state index in [1.807, 2.05) is 0 Å². The van der Waals surface area contributed by atoms with E-state index < -0.39 is 23.1 Å². The molecule has 1 amide bonds. The molecule has 0 radical (unpaired) electrons. The van der Waals surface area contributed by atoms with E-state index in [0.717, 1.165) is 0 Å². The third-order valence-electron chi connectivity index (χ3n) is 3.92. The molecule has 1 aliphatic rings. The largest absolute Gasteiger partial charge is 0.497 e. The molecule has 1 aliphatic heterocycles. The lowest BCUT2D eigenvalue weighted by Crippen LogP contribution is -2.47. The zero-order valence-corrected chi connectivity index (χ0v) is 14.1. The molecule has 0 spiro atoms. The minimum atomic E-state index is -1.31. The van der Waals surface area contributed by atoms with Crippen LogP contribution < -0.4 is 4.74 Å². The lowest BCUT2D eigenvalue weighted by atomic mass is 9.84. The number of hydrogen-bond donors (Lipinski definition) is 1. The summed E-state index contributed by atoms with van der Waals surface area (Å²) in [5.74, 6) is 0.0171. The molecule has 0 unspecified atom stereocenters. The van der Waals surface area contributed by atoms with Crippen molar-refractivity contribution in [2.45, 2.75) is 44.8 Å². The standard InChI is InChI=1S/C17H24FNO4/c1-16(2,3)23-15(20)19-9-7-17(21,8-10-19)13-11-12(22-4)5-6-14(13)18/h5-6,11,21H,7-10H2,1-4H3. The quantitative estimate of drug-likeness (QED) is 0.908. The van der Waals surface area contributed by atoms with E-state index in [2.05, 4.69) is 0 Å². The third kappa shape index (κ3) is 4.13. The Bertz CT molecular complexity index is 574. The van der Waals surface area contributed by atoms with Gasteiger partial charge in [-0.1, -0.05) is 0 Å². The van der Waals surface area contributed by atoms with Crippen LogP contribution in [0.1, 0.15) is 39.2 Å². The van der Waals surface area contributed by atoms with Crippen LogP contribution in [0.3, 0.4) is 0 Å². The number of carbonyl (C=O) groups excluding carboxylic acids is 1. The third-order valence-corrected chi connectivity index (χ3v) is 3.92. The van der Waals surface area contributed by atoms with E-state index in [-0.39, 0.29) is 18.4 Å². The smallest absolute Gasteiger partial charge is 0.410 e. The Balaban J connectivity index is 2.09. The van der Waals surface area contributed by atoms with E-state index in [0.29, 0.717) is 18.8 Å². The molecule has 128 valence electrons. The summed E-state index contributed by atoms with van der Waals surface area (Å²) in [6, 6.07) is 4.31. The van der Waals surface area contributed by atoms with Crippen molar-refractivity contribution in [2.75, 3.05) is 20.2 Å². The summed E-state index contributed by atoms with van der Waals surface area (Å²) in [4.78, 5) is 13.6. The fraction of sp³-hybridized carbons (Fsp3) is 0.588. The van der Waals surface area contributed by atoms with Crippen molar-refractivity contribution < 1.29 is 23.8 Å². The maximum Gasteiger partial charge on any atom is 0.410 e. The van der Waals surface area contributed by atoms with Gasteiger partial charge in [-0.05, 0) is 51.8 Å². The Morgan fingerprint density at radius 3 is 2.43 bits per heavy atom. The Hall–Kier alpha value is -1.82. The van der Waals surface area contributed by atoms with Crippen molar-refractivity contribution in [2.24, 2.45) is 0 Å². The molecule has 6 heteroatoms. The van der Waals surface area contributed by atoms with Crippen LogP contribution in [0.4, 0.5) is 9.18 Å². The molecule has 0 aromatic heterocycles. The van der Waals surface area contributed by atoms with Crippen molar-refractivity contribution in [1.29, 1.82) is 0 Å². The Morgan fingerprint density at radius 1 is 1.30 bits per heavy atom. The van der Waals surface area contributed by atoms with Crippen molar-refractivity contribution in [1.82, 2.24) is 4.90 Å². The van der Waals surface area contributed by atoms with Crippen LogP contribution in [0.5, 0.6) is 5.75 Å². The van der Waals surface area contributed by atoms with E-state index in [1.165, 1.54) is 30.2 Å². The molecule has 0 aliphatic carbocycles. The molecular weight excluding hydrogens is 301 g/mol. The lowest BCUT2D eigenvalue weighted by molar-refractivity contribution is -0.0375. The number of amides is 1. The summed E-state index contributed by atoms with van der Waals surface area (Å²) >= 11 is 0. The summed E-state index contributed by atoms with van der Waals surface area (Å²) < 4.78 is 24.5. The van der Waals surface area contributed by atoms with Crippen LogP contribution in [0.15, 0.2) is 18.2 Å². The summed E-state index contributed by atoms with van der Waals surface area (Å²) in [5, 5.41) is 10.8. The van der Waals surface area contributed by atoms with Gasteiger partial charge in [0.05, 0.1) is 12.7 Å². The fourth-order valence-electron chi connectivity index (χ4n) is 2.64. The Kier molecular flexibility index (Phi) is 4.84. The van der Waals surface area contributed by atoms with E-state index in [9.17, 15) is 14.3 Å². The molecule has 1 fully saturated rings. The summed E-state index contributed by atoms with van der Waals surface area (Å²) in [6.45, 7) is 6.02. The fourth-order valence-corrected chi connectivity index (χ4v) is 2.64. The molecule has 0 saturated carbocycles. The topological polar surface area (TPSA) is 59.0 Å². The predicted molar refractivity (Wildman–Crippen MR) is 83.9 cm³/mol. The molecule has 2 rings (SSSR count). The van der Waals surface area contributed by atoms with Crippen LogP contribution in [0.25, 0.3) is 0 Å². The number of hydrogen-bond acceptors (Lipinski definition) is 4. The molecule has 1 aromatic rings. The maximum atomic E-state index is 14.1. The second-order valence-electron chi connectivity index (χ2n) is 6.84. The average Bonchev–Trinajstić information content (AvgIpc) is 2.46.